The lowest BCUT2D eigenvalue weighted by molar-refractivity contribution is 0.0711. The lowest BCUT2D eigenvalue weighted by atomic mass is 10.1. The molecule has 80 valence electrons. The summed E-state index contributed by atoms with van der Waals surface area (Å²) in [6.45, 7) is 5.25. The van der Waals surface area contributed by atoms with E-state index >= 15 is 0 Å². The highest BCUT2D eigenvalue weighted by Gasteiger charge is 2.10. The van der Waals surface area contributed by atoms with Gasteiger partial charge in [-0.2, -0.15) is 5.10 Å². The molecule has 0 atom stereocenters. The van der Waals surface area contributed by atoms with Crippen LogP contribution in [0, 0.1) is 0 Å². The summed E-state index contributed by atoms with van der Waals surface area (Å²) in [4.78, 5) is 0. The van der Waals surface area contributed by atoms with Crippen LogP contribution in [0.15, 0.2) is 12.3 Å². The maximum atomic E-state index is 9.47. The van der Waals surface area contributed by atoms with Crippen molar-refractivity contribution in [1.82, 2.24) is 15.1 Å². The Bertz CT molecular complexity index is 275. The van der Waals surface area contributed by atoms with Crippen LogP contribution < -0.4 is 5.32 Å². The van der Waals surface area contributed by atoms with E-state index in [1.165, 1.54) is 0 Å². The van der Waals surface area contributed by atoms with Gasteiger partial charge in [0, 0.05) is 19.8 Å². The van der Waals surface area contributed by atoms with Gasteiger partial charge in [0.2, 0.25) is 0 Å². The minimum Gasteiger partial charge on any atom is -0.390 e. The van der Waals surface area contributed by atoms with Gasteiger partial charge in [-0.1, -0.05) is 0 Å². The average molecular weight is 197 g/mol. The summed E-state index contributed by atoms with van der Waals surface area (Å²) in [5, 5.41) is 16.8. The second-order valence-corrected chi connectivity index (χ2v) is 4.19. The van der Waals surface area contributed by atoms with Gasteiger partial charge in [-0.3, -0.25) is 4.68 Å². The number of hydrogen-bond donors (Lipinski definition) is 2. The normalized spacial score (nSPS) is 12.0. The van der Waals surface area contributed by atoms with E-state index in [2.05, 4.69) is 10.4 Å². The summed E-state index contributed by atoms with van der Waals surface area (Å²) in [5.41, 5.74) is 0.570. The number of aromatic nitrogens is 2. The number of aryl methyl sites for hydroxylation is 1. The van der Waals surface area contributed by atoms with E-state index in [1.54, 1.807) is 6.20 Å². The van der Waals surface area contributed by atoms with Crippen LogP contribution in [0.3, 0.4) is 0 Å². The minimum atomic E-state index is -0.584. The Balaban J connectivity index is 2.20. The summed E-state index contributed by atoms with van der Waals surface area (Å²) in [6, 6.07) is 1.98. The summed E-state index contributed by atoms with van der Waals surface area (Å²) >= 11 is 0. The van der Waals surface area contributed by atoms with Crippen molar-refractivity contribution in [2.45, 2.75) is 32.4 Å². The second-order valence-electron chi connectivity index (χ2n) is 4.19. The van der Waals surface area contributed by atoms with Crippen molar-refractivity contribution in [3.05, 3.63) is 18.0 Å². The number of nitrogens with one attached hydrogen (secondary N) is 1. The fourth-order valence-corrected chi connectivity index (χ4v) is 1.19. The zero-order chi connectivity index (χ0) is 10.6. The van der Waals surface area contributed by atoms with Crippen molar-refractivity contribution < 1.29 is 5.11 Å². The fraction of sp³-hybridized carbons (Fsp3) is 0.700. The van der Waals surface area contributed by atoms with E-state index in [4.69, 9.17) is 0 Å². The predicted octanol–water partition coefficient (Wildman–Crippen LogP) is 0.671. The lowest BCUT2D eigenvalue weighted by Crippen LogP contribution is -2.26. The first-order chi connectivity index (χ1) is 6.49. The van der Waals surface area contributed by atoms with Crippen molar-refractivity contribution in [3.63, 3.8) is 0 Å². The molecule has 0 spiro atoms. The molecule has 1 aromatic heterocycles. The van der Waals surface area contributed by atoms with E-state index in [-0.39, 0.29) is 0 Å². The molecule has 0 fully saturated rings. The van der Waals surface area contributed by atoms with Crippen LogP contribution in [0.1, 0.15) is 26.0 Å². The molecule has 0 aliphatic rings. The topological polar surface area (TPSA) is 50.1 Å². The van der Waals surface area contributed by atoms with Crippen LogP contribution in [-0.4, -0.2) is 27.0 Å². The van der Waals surface area contributed by atoms with Crippen LogP contribution in [0.5, 0.6) is 0 Å². The van der Waals surface area contributed by atoms with Gasteiger partial charge in [-0.25, -0.2) is 0 Å². The average Bonchev–Trinajstić information content (AvgIpc) is 2.44. The van der Waals surface area contributed by atoms with Crippen molar-refractivity contribution in [2.75, 3.05) is 6.54 Å². The highest BCUT2D eigenvalue weighted by molar-refractivity contribution is 4.99. The molecule has 4 heteroatoms. The van der Waals surface area contributed by atoms with Gasteiger partial charge in [-0.15, -0.1) is 0 Å². The molecule has 0 radical (unpaired) electrons. The van der Waals surface area contributed by atoms with Gasteiger partial charge in [0.15, 0.2) is 0 Å². The van der Waals surface area contributed by atoms with Gasteiger partial charge < -0.3 is 10.4 Å². The molecule has 0 aliphatic carbocycles. The fourth-order valence-electron chi connectivity index (χ4n) is 1.19. The Kier molecular flexibility index (Phi) is 3.66. The van der Waals surface area contributed by atoms with Crippen LogP contribution in [-0.2, 0) is 13.6 Å². The molecule has 4 nitrogen and oxygen atoms in total. The quantitative estimate of drug-likeness (QED) is 0.682. The maximum absolute atomic E-state index is 9.47. The highest BCUT2D eigenvalue weighted by Crippen LogP contribution is 2.05. The Morgan fingerprint density at radius 1 is 1.57 bits per heavy atom. The first-order valence-corrected chi connectivity index (χ1v) is 4.89. The minimum absolute atomic E-state index is 0.584. The van der Waals surface area contributed by atoms with Crippen molar-refractivity contribution in [1.29, 1.82) is 0 Å². The van der Waals surface area contributed by atoms with Crippen molar-refractivity contribution >= 4 is 0 Å². The van der Waals surface area contributed by atoms with Gasteiger partial charge in [0.05, 0.1) is 11.3 Å². The largest absolute Gasteiger partial charge is 0.390 e. The van der Waals surface area contributed by atoms with E-state index in [1.807, 2.05) is 31.6 Å². The molecule has 0 bridgehead atoms. The van der Waals surface area contributed by atoms with Gasteiger partial charge in [-0.05, 0) is 32.9 Å². The van der Waals surface area contributed by atoms with Crippen molar-refractivity contribution in [3.8, 4) is 0 Å². The molecule has 0 aliphatic heterocycles. The Labute approximate surface area is 84.9 Å². The molecular formula is C10H19N3O. The first kappa shape index (κ1) is 11.2. The zero-order valence-corrected chi connectivity index (χ0v) is 9.12. The van der Waals surface area contributed by atoms with Gasteiger partial charge >= 0.3 is 0 Å². The summed E-state index contributed by atoms with van der Waals surface area (Å²) < 4.78 is 1.84. The predicted molar refractivity (Wildman–Crippen MR) is 55.8 cm³/mol. The van der Waals surface area contributed by atoms with Crippen LogP contribution in [0.4, 0.5) is 0 Å². The molecule has 0 unspecified atom stereocenters. The summed E-state index contributed by atoms with van der Waals surface area (Å²) in [6.07, 6.45) is 2.54. The second kappa shape index (κ2) is 4.57. The molecule has 14 heavy (non-hydrogen) atoms. The monoisotopic (exact) mass is 197 g/mol. The maximum Gasteiger partial charge on any atom is 0.0603 e. The molecule has 1 heterocycles. The van der Waals surface area contributed by atoms with Crippen LogP contribution in [0.25, 0.3) is 0 Å². The molecule has 0 amide bonds. The van der Waals surface area contributed by atoms with Crippen LogP contribution >= 0.6 is 0 Å². The third-order valence-electron chi connectivity index (χ3n) is 2.14. The third-order valence-corrected chi connectivity index (χ3v) is 2.14. The van der Waals surface area contributed by atoms with Gasteiger partial charge in [0.25, 0.3) is 0 Å². The highest BCUT2D eigenvalue weighted by atomic mass is 16.3. The Morgan fingerprint density at radius 2 is 2.29 bits per heavy atom. The lowest BCUT2D eigenvalue weighted by Gasteiger charge is -2.16. The van der Waals surface area contributed by atoms with E-state index < -0.39 is 5.60 Å². The van der Waals surface area contributed by atoms with Crippen molar-refractivity contribution in [2.24, 2.45) is 7.05 Å². The number of hydrogen-bond acceptors (Lipinski definition) is 3. The third kappa shape index (κ3) is 3.89. The van der Waals surface area contributed by atoms with Gasteiger partial charge in [0.1, 0.15) is 0 Å². The first-order valence-electron chi connectivity index (χ1n) is 4.89. The summed E-state index contributed by atoms with van der Waals surface area (Å²) in [7, 11) is 1.92. The molecule has 0 saturated carbocycles. The van der Waals surface area contributed by atoms with E-state index in [0.29, 0.717) is 0 Å². The molecule has 2 N–H and O–H groups in total. The molecular weight excluding hydrogens is 178 g/mol. The standard InChI is InChI=1S/C10H19N3O/c1-10(2,14)5-7-11-8-9-4-6-12-13(9)3/h4,6,11,14H,5,7-8H2,1-3H3. The Morgan fingerprint density at radius 3 is 2.79 bits per heavy atom. The number of nitrogens with zero attached hydrogens (tertiary/aromatic N) is 2. The number of rotatable bonds is 5. The number of aliphatic hydroxyl groups is 1. The molecule has 0 saturated heterocycles. The Hall–Kier alpha value is -0.870. The zero-order valence-electron chi connectivity index (χ0n) is 9.12. The van der Waals surface area contributed by atoms with E-state index in [9.17, 15) is 5.11 Å². The molecule has 0 aromatic carbocycles. The molecule has 1 rings (SSSR count). The van der Waals surface area contributed by atoms with E-state index in [0.717, 1.165) is 25.2 Å². The van der Waals surface area contributed by atoms with Crippen LogP contribution in [0.2, 0.25) is 0 Å². The SMILES string of the molecule is Cn1nccc1CNCCC(C)(C)O. The smallest absolute Gasteiger partial charge is 0.0603 e. The molecule has 1 aromatic rings. The summed E-state index contributed by atoms with van der Waals surface area (Å²) in [5.74, 6) is 0.